The fourth-order valence-electron chi connectivity index (χ4n) is 3.14. The molecule has 0 bridgehead atoms. The van der Waals surface area contributed by atoms with Crippen molar-refractivity contribution in [2.45, 2.75) is 38.8 Å². The van der Waals surface area contributed by atoms with Gasteiger partial charge in [-0.2, -0.15) is 0 Å². The van der Waals surface area contributed by atoms with Crippen molar-refractivity contribution in [3.05, 3.63) is 34.9 Å². The van der Waals surface area contributed by atoms with E-state index >= 15 is 0 Å². The number of pyridine rings is 1. The normalized spacial score (nSPS) is 19.1. The maximum absolute atomic E-state index is 12.4. The lowest BCUT2D eigenvalue weighted by atomic mass is 9.92. The van der Waals surface area contributed by atoms with E-state index in [-0.39, 0.29) is 36.5 Å². The number of piperidine rings is 1. The Labute approximate surface area is 146 Å². The fourth-order valence-corrected chi connectivity index (χ4v) is 3.14. The molecule has 132 valence electrons. The molecule has 2 aromatic heterocycles. The number of halogens is 1. The summed E-state index contributed by atoms with van der Waals surface area (Å²) in [5.41, 5.74) is 6.35. The van der Waals surface area contributed by atoms with E-state index < -0.39 is 0 Å². The van der Waals surface area contributed by atoms with Crippen LogP contribution in [0, 0.1) is 5.92 Å². The lowest BCUT2D eigenvalue weighted by molar-refractivity contribution is -0.133. The van der Waals surface area contributed by atoms with Gasteiger partial charge >= 0.3 is 5.69 Å². The number of nitrogens with zero attached hydrogens (tertiary/aromatic N) is 4. The van der Waals surface area contributed by atoms with E-state index in [1.165, 1.54) is 9.08 Å². The molecule has 1 aliphatic heterocycles. The molecule has 1 fully saturated rings. The SMILES string of the molecule is CC(N)C1CCCN(C(=O)CCn2nc3ccccn3c2=O)C1.Cl. The molecular weight excluding hydrogens is 330 g/mol. The van der Waals surface area contributed by atoms with Crippen LogP contribution in [0.2, 0.25) is 0 Å². The summed E-state index contributed by atoms with van der Waals surface area (Å²) >= 11 is 0. The second kappa shape index (κ2) is 7.81. The van der Waals surface area contributed by atoms with Gasteiger partial charge in [0.2, 0.25) is 5.91 Å². The van der Waals surface area contributed by atoms with E-state index in [1.54, 1.807) is 18.3 Å². The number of hydrogen-bond donors (Lipinski definition) is 1. The summed E-state index contributed by atoms with van der Waals surface area (Å²) in [6.45, 7) is 3.80. The van der Waals surface area contributed by atoms with Crippen molar-refractivity contribution in [2.24, 2.45) is 11.7 Å². The number of carbonyl (C=O) groups is 1. The highest BCUT2D eigenvalue weighted by Gasteiger charge is 2.25. The predicted molar refractivity (Wildman–Crippen MR) is 94.3 cm³/mol. The Balaban J connectivity index is 0.00000208. The van der Waals surface area contributed by atoms with Crippen LogP contribution in [0.25, 0.3) is 5.65 Å². The summed E-state index contributed by atoms with van der Waals surface area (Å²) in [7, 11) is 0. The van der Waals surface area contributed by atoms with Gasteiger partial charge in [0.15, 0.2) is 5.65 Å². The second-order valence-electron chi connectivity index (χ2n) is 6.29. The van der Waals surface area contributed by atoms with Crippen LogP contribution in [0.4, 0.5) is 0 Å². The quantitative estimate of drug-likeness (QED) is 0.884. The van der Waals surface area contributed by atoms with Gasteiger partial charge in [-0.05, 0) is 37.8 Å². The maximum atomic E-state index is 12.4. The van der Waals surface area contributed by atoms with E-state index in [0.29, 0.717) is 18.1 Å². The molecule has 2 atom stereocenters. The van der Waals surface area contributed by atoms with Crippen molar-refractivity contribution in [1.29, 1.82) is 0 Å². The predicted octanol–water partition coefficient (Wildman–Crippen LogP) is 0.894. The molecule has 0 aliphatic carbocycles. The number of rotatable bonds is 4. The molecule has 0 saturated carbocycles. The second-order valence-corrected chi connectivity index (χ2v) is 6.29. The van der Waals surface area contributed by atoms with E-state index in [1.807, 2.05) is 17.9 Å². The highest BCUT2D eigenvalue weighted by atomic mass is 35.5. The average molecular weight is 354 g/mol. The Hall–Kier alpha value is -1.86. The first-order valence-electron chi connectivity index (χ1n) is 8.14. The van der Waals surface area contributed by atoms with Crippen LogP contribution >= 0.6 is 12.4 Å². The lowest BCUT2D eigenvalue weighted by Crippen LogP contribution is -2.45. The third kappa shape index (κ3) is 3.79. The van der Waals surface area contributed by atoms with Crippen molar-refractivity contribution in [1.82, 2.24) is 19.1 Å². The summed E-state index contributed by atoms with van der Waals surface area (Å²) < 4.78 is 2.84. The van der Waals surface area contributed by atoms with Crippen LogP contribution in [0.1, 0.15) is 26.2 Å². The molecule has 8 heteroatoms. The van der Waals surface area contributed by atoms with Crippen molar-refractivity contribution >= 4 is 24.0 Å². The van der Waals surface area contributed by atoms with Crippen LogP contribution in [0.5, 0.6) is 0 Å². The van der Waals surface area contributed by atoms with E-state index in [0.717, 1.165) is 25.9 Å². The van der Waals surface area contributed by atoms with Crippen LogP contribution < -0.4 is 11.4 Å². The Morgan fingerprint density at radius 3 is 2.96 bits per heavy atom. The minimum atomic E-state index is -0.208. The van der Waals surface area contributed by atoms with Crippen LogP contribution in [-0.2, 0) is 11.3 Å². The highest BCUT2D eigenvalue weighted by Crippen LogP contribution is 2.19. The molecular formula is C16H24ClN5O2. The number of amides is 1. The molecule has 0 aromatic carbocycles. The van der Waals surface area contributed by atoms with Crippen LogP contribution in [0.15, 0.2) is 29.2 Å². The van der Waals surface area contributed by atoms with Gasteiger partial charge in [-0.25, -0.2) is 9.48 Å². The number of aryl methyl sites for hydroxylation is 1. The molecule has 7 nitrogen and oxygen atoms in total. The fraction of sp³-hybridized carbons (Fsp3) is 0.562. The highest BCUT2D eigenvalue weighted by molar-refractivity contribution is 5.85. The third-order valence-electron chi connectivity index (χ3n) is 4.58. The van der Waals surface area contributed by atoms with Gasteiger partial charge in [-0.1, -0.05) is 6.07 Å². The molecule has 1 amide bonds. The number of aromatic nitrogens is 3. The minimum Gasteiger partial charge on any atom is -0.342 e. The van der Waals surface area contributed by atoms with Gasteiger partial charge in [0.25, 0.3) is 0 Å². The van der Waals surface area contributed by atoms with Crippen molar-refractivity contribution < 1.29 is 4.79 Å². The van der Waals surface area contributed by atoms with Crippen LogP contribution in [0.3, 0.4) is 0 Å². The zero-order chi connectivity index (χ0) is 16.4. The first-order valence-corrected chi connectivity index (χ1v) is 8.14. The van der Waals surface area contributed by atoms with Crippen molar-refractivity contribution in [3.8, 4) is 0 Å². The van der Waals surface area contributed by atoms with Gasteiger partial charge in [-0.3, -0.25) is 9.20 Å². The van der Waals surface area contributed by atoms with E-state index in [2.05, 4.69) is 5.10 Å². The van der Waals surface area contributed by atoms with E-state index in [4.69, 9.17) is 5.73 Å². The Morgan fingerprint density at radius 1 is 1.46 bits per heavy atom. The number of hydrogen-bond acceptors (Lipinski definition) is 4. The number of fused-ring (bicyclic) bond motifs is 1. The molecule has 1 saturated heterocycles. The molecule has 2 unspecified atom stereocenters. The third-order valence-corrected chi connectivity index (χ3v) is 4.58. The summed E-state index contributed by atoms with van der Waals surface area (Å²) in [5.74, 6) is 0.435. The molecule has 2 aromatic rings. The summed E-state index contributed by atoms with van der Waals surface area (Å²) in [5, 5.41) is 4.25. The Bertz CT molecular complexity index is 754. The molecule has 0 radical (unpaired) electrons. The molecule has 2 N–H and O–H groups in total. The number of nitrogens with two attached hydrogens (primary N) is 1. The van der Waals surface area contributed by atoms with Gasteiger partial charge in [-0.15, -0.1) is 17.5 Å². The monoisotopic (exact) mass is 353 g/mol. The number of likely N-dealkylation sites (tertiary alicyclic amines) is 1. The zero-order valence-electron chi connectivity index (χ0n) is 13.8. The van der Waals surface area contributed by atoms with Crippen molar-refractivity contribution in [2.75, 3.05) is 13.1 Å². The van der Waals surface area contributed by atoms with Gasteiger partial charge in [0.05, 0.1) is 6.54 Å². The number of carbonyl (C=O) groups excluding carboxylic acids is 1. The lowest BCUT2D eigenvalue weighted by Gasteiger charge is -2.34. The molecule has 1 aliphatic rings. The smallest absolute Gasteiger partial charge is 0.342 e. The largest absolute Gasteiger partial charge is 0.350 e. The zero-order valence-corrected chi connectivity index (χ0v) is 14.6. The van der Waals surface area contributed by atoms with Gasteiger partial charge in [0, 0.05) is 31.7 Å². The molecule has 24 heavy (non-hydrogen) atoms. The van der Waals surface area contributed by atoms with Gasteiger partial charge < -0.3 is 10.6 Å². The topological polar surface area (TPSA) is 85.6 Å². The summed E-state index contributed by atoms with van der Waals surface area (Å²) in [6.07, 6.45) is 4.04. The maximum Gasteiger partial charge on any atom is 0.350 e. The van der Waals surface area contributed by atoms with E-state index in [9.17, 15) is 9.59 Å². The minimum absolute atomic E-state index is 0. The molecule has 3 heterocycles. The molecule has 0 spiro atoms. The molecule has 3 rings (SSSR count). The standard InChI is InChI=1S/C16H23N5O2.ClH/c1-12(17)13-5-4-8-19(11-13)15(22)7-10-21-16(23)20-9-3-2-6-14(20)18-21;/h2-3,6,9,12-13H,4-5,7-8,10-11,17H2,1H3;1H. The Morgan fingerprint density at radius 2 is 2.25 bits per heavy atom. The summed E-state index contributed by atoms with van der Waals surface area (Å²) in [6, 6.07) is 5.50. The van der Waals surface area contributed by atoms with Gasteiger partial charge in [0.1, 0.15) is 0 Å². The first kappa shape index (κ1) is 18.5. The van der Waals surface area contributed by atoms with Crippen molar-refractivity contribution in [3.63, 3.8) is 0 Å². The Kier molecular flexibility index (Phi) is 6.01. The van der Waals surface area contributed by atoms with Crippen LogP contribution in [-0.4, -0.2) is 44.1 Å². The summed E-state index contributed by atoms with van der Waals surface area (Å²) in [4.78, 5) is 26.5. The first-order chi connectivity index (χ1) is 11.1. The average Bonchev–Trinajstić information content (AvgIpc) is 2.89.